The Labute approximate surface area is 120 Å². The van der Waals surface area contributed by atoms with Gasteiger partial charge < -0.3 is 5.11 Å². The van der Waals surface area contributed by atoms with Crippen molar-refractivity contribution in [2.24, 2.45) is 0 Å². The molecule has 110 valence electrons. The lowest BCUT2D eigenvalue weighted by atomic mass is 10.3. The van der Waals surface area contributed by atoms with Crippen LogP contribution in [0.2, 0.25) is 0 Å². The molecule has 8 heteroatoms. The number of nitrogens with zero attached hydrogens (tertiary/aromatic N) is 3. The third kappa shape index (κ3) is 4.26. The molecule has 0 unspecified atom stereocenters. The minimum absolute atomic E-state index is 0.0817. The molecule has 1 fully saturated rings. The van der Waals surface area contributed by atoms with Crippen LogP contribution in [0.3, 0.4) is 0 Å². The average molecular weight is 299 g/mol. The van der Waals surface area contributed by atoms with Gasteiger partial charge in [-0.1, -0.05) is 11.3 Å². The normalized spacial score (nSPS) is 17.8. The first-order valence-corrected chi connectivity index (χ1v) is 7.26. The first-order chi connectivity index (χ1) is 9.54. The van der Waals surface area contributed by atoms with E-state index in [4.69, 9.17) is 5.11 Å². The molecule has 0 spiro atoms. The van der Waals surface area contributed by atoms with E-state index in [1.54, 1.807) is 6.07 Å². The first-order valence-electron chi connectivity index (χ1n) is 6.44. The highest BCUT2D eigenvalue weighted by Crippen LogP contribution is 2.25. The second-order valence-electron chi connectivity index (χ2n) is 4.80. The fraction of sp³-hybridized carbons (Fsp3) is 0.583. The van der Waals surface area contributed by atoms with Crippen LogP contribution >= 0.6 is 11.3 Å². The molecule has 0 saturated carbocycles. The molecule has 0 radical (unpaired) electrons. The smallest absolute Gasteiger partial charge is 0.324 e. The van der Waals surface area contributed by atoms with Crippen LogP contribution in [0.4, 0.5) is 5.00 Å². The lowest BCUT2D eigenvalue weighted by Gasteiger charge is -2.19. The number of carbonyl (C=O) groups is 1. The lowest BCUT2D eigenvalue weighted by molar-refractivity contribution is -0.380. The Bertz CT molecular complexity index is 491. The molecule has 0 atom stereocenters. The van der Waals surface area contributed by atoms with Gasteiger partial charge in [-0.2, -0.15) is 0 Å². The van der Waals surface area contributed by atoms with Crippen molar-refractivity contribution in [3.63, 3.8) is 0 Å². The number of thiophene rings is 1. The summed E-state index contributed by atoms with van der Waals surface area (Å²) in [6.45, 7) is 3.96. The van der Waals surface area contributed by atoms with Crippen molar-refractivity contribution >= 4 is 22.3 Å². The van der Waals surface area contributed by atoms with E-state index >= 15 is 0 Å². The van der Waals surface area contributed by atoms with Gasteiger partial charge in [-0.05, 0) is 19.0 Å². The minimum atomic E-state index is -0.799. The molecule has 2 heterocycles. The fourth-order valence-electron chi connectivity index (χ4n) is 2.30. The van der Waals surface area contributed by atoms with Gasteiger partial charge in [-0.25, -0.2) is 0 Å². The summed E-state index contributed by atoms with van der Waals surface area (Å²) in [7, 11) is 0. The van der Waals surface area contributed by atoms with Gasteiger partial charge in [0.25, 0.3) is 0 Å². The average Bonchev–Trinajstić information content (AvgIpc) is 2.73. The Hall–Kier alpha value is -1.51. The van der Waals surface area contributed by atoms with Gasteiger partial charge >= 0.3 is 11.0 Å². The van der Waals surface area contributed by atoms with Crippen LogP contribution in [0.1, 0.15) is 11.3 Å². The highest BCUT2D eigenvalue weighted by atomic mass is 32.1. The second-order valence-corrected chi connectivity index (χ2v) is 5.94. The topological polar surface area (TPSA) is 86.9 Å². The summed E-state index contributed by atoms with van der Waals surface area (Å²) < 4.78 is 0. The van der Waals surface area contributed by atoms with Crippen molar-refractivity contribution in [2.45, 2.75) is 13.0 Å². The Kier molecular flexibility index (Phi) is 5.05. The van der Waals surface area contributed by atoms with Crippen molar-refractivity contribution in [3.8, 4) is 0 Å². The van der Waals surface area contributed by atoms with Crippen LogP contribution < -0.4 is 0 Å². The zero-order chi connectivity index (χ0) is 14.5. The maximum atomic E-state index is 10.7. The van der Waals surface area contributed by atoms with Crippen LogP contribution in [0.25, 0.3) is 0 Å². The molecule has 2 rings (SSSR count). The molecule has 0 aromatic carbocycles. The van der Waals surface area contributed by atoms with E-state index in [1.807, 2.05) is 4.90 Å². The number of carboxylic acids is 1. The van der Waals surface area contributed by atoms with Crippen molar-refractivity contribution in [3.05, 3.63) is 27.1 Å². The molecule has 1 aliphatic rings. The van der Waals surface area contributed by atoms with Crippen molar-refractivity contribution in [1.82, 2.24) is 9.80 Å². The van der Waals surface area contributed by atoms with Gasteiger partial charge in [0.2, 0.25) is 0 Å². The van der Waals surface area contributed by atoms with Gasteiger partial charge in [-0.15, -0.1) is 0 Å². The summed E-state index contributed by atoms with van der Waals surface area (Å²) in [5, 5.41) is 19.6. The molecule has 0 amide bonds. The summed E-state index contributed by atoms with van der Waals surface area (Å²) in [5.74, 6) is -0.799. The predicted molar refractivity (Wildman–Crippen MR) is 74.9 cm³/mol. The quantitative estimate of drug-likeness (QED) is 0.650. The maximum Gasteiger partial charge on any atom is 0.324 e. The molecular formula is C12H17N3O4S. The van der Waals surface area contributed by atoms with Crippen molar-refractivity contribution in [1.29, 1.82) is 0 Å². The van der Waals surface area contributed by atoms with Crippen LogP contribution in [0.15, 0.2) is 12.1 Å². The van der Waals surface area contributed by atoms with E-state index in [1.165, 1.54) is 17.4 Å². The van der Waals surface area contributed by atoms with Crippen LogP contribution in [0.5, 0.6) is 0 Å². The molecule has 0 aliphatic carbocycles. The largest absolute Gasteiger partial charge is 0.480 e. The number of rotatable bonds is 5. The summed E-state index contributed by atoms with van der Waals surface area (Å²) >= 11 is 1.20. The molecule has 1 saturated heterocycles. The summed E-state index contributed by atoms with van der Waals surface area (Å²) in [5.41, 5.74) is 0. The van der Waals surface area contributed by atoms with Crippen LogP contribution in [-0.2, 0) is 11.3 Å². The van der Waals surface area contributed by atoms with E-state index in [2.05, 4.69) is 4.90 Å². The van der Waals surface area contributed by atoms with Crippen molar-refractivity contribution in [2.75, 3.05) is 32.7 Å². The summed E-state index contributed by atoms with van der Waals surface area (Å²) in [6, 6.07) is 3.33. The van der Waals surface area contributed by atoms with E-state index < -0.39 is 5.97 Å². The zero-order valence-electron chi connectivity index (χ0n) is 11.0. The number of hydrogen-bond donors (Lipinski definition) is 1. The molecular weight excluding hydrogens is 282 g/mol. The maximum absolute atomic E-state index is 10.7. The third-order valence-electron chi connectivity index (χ3n) is 3.25. The summed E-state index contributed by atoms with van der Waals surface area (Å²) in [4.78, 5) is 26.1. The van der Waals surface area contributed by atoms with Gasteiger partial charge in [-0.3, -0.25) is 24.7 Å². The van der Waals surface area contributed by atoms with E-state index in [9.17, 15) is 14.9 Å². The number of hydrogen-bond acceptors (Lipinski definition) is 6. The van der Waals surface area contributed by atoms with Gasteiger partial charge in [0, 0.05) is 37.1 Å². The third-order valence-corrected chi connectivity index (χ3v) is 4.27. The Morgan fingerprint density at radius 3 is 2.65 bits per heavy atom. The molecule has 7 nitrogen and oxygen atoms in total. The number of nitro groups is 1. The lowest BCUT2D eigenvalue weighted by Crippen LogP contribution is -2.33. The second kappa shape index (κ2) is 6.78. The molecule has 20 heavy (non-hydrogen) atoms. The highest BCUT2D eigenvalue weighted by molar-refractivity contribution is 7.15. The summed E-state index contributed by atoms with van der Waals surface area (Å²) in [6.07, 6.45) is 0.917. The van der Waals surface area contributed by atoms with Crippen LogP contribution in [-0.4, -0.2) is 58.5 Å². The van der Waals surface area contributed by atoms with E-state index in [0.717, 1.165) is 37.5 Å². The SMILES string of the molecule is O=C(O)CN1CCCN(Cc2ccc([N+](=O)[O-])s2)CC1. The molecule has 1 aliphatic heterocycles. The monoisotopic (exact) mass is 299 g/mol. The first kappa shape index (κ1) is 14.9. The molecule has 1 aromatic heterocycles. The molecule has 1 aromatic rings. The van der Waals surface area contributed by atoms with E-state index in [0.29, 0.717) is 6.54 Å². The van der Waals surface area contributed by atoms with E-state index in [-0.39, 0.29) is 16.5 Å². The Balaban J connectivity index is 1.87. The minimum Gasteiger partial charge on any atom is -0.480 e. The molecule has 0 bridgehead atoms. The fourth-order valence-corrected chi connectivity index (χ4v) is 3.16. The highest BCUT2D eigenvalue weighted by Gasteiger charge is 2.18. The molecule has 1 N–H and O–H groups in total. The Morgan fingerprint density at radius 1 is 1.30 bits per heavy atom. The standard InChI is InChI=1S/C12H17N3O4S/c16-12(17)9-14-5-1-4-13(6-7-14)8-10-2-3-11(20-10)15(18)19/h2-3H,1,4-9H2,(H,16,17). The van der Waals surface area contributed by atoms with Gasteiger partial charge in [0.1, 0.15) is 0 Å². The number of aliphatic carboxylic acids is 1. The predicted octanol–water partition coefficient (Wildman–Crippen LogP) is 1.25. The van der Waals surface area contributed by atoms with Crippen LogP contribution in [0, 0.1) is 10.1 Å². The Morgan fingerprint density at radius 2 is 2.00 bits per heavy atom. The number of carboxylic acid groups (broad SMARTS) is 1. The van der Waals surface area contributed by atoms with Gasteiger partial charge in [0.05, 0.1) is 11.5 Å². The zero-order valence-corrected chi connectivity index (χ0v) is 11.8. The van der Waals surface area contributed by atoms with Gasteiger partial charge in [0.15, 0.2) is 0 Å². The van der Waals surface area contributed by atoms with Crippen molar-refractivity contribution < 1.29 is 14.8 Å².